The van der Waals surface area contributed by atoms with Crippen LogP contribution in [0.5, 0.6) is 11.5 Å². The molecule has 2 aromatic carbocycles. The predicted molar refractivity (Wildman–Crippen MR) is 117 cm³/mol. The van der Waals surface area contributed by atoms with Gasteiger partial charge in [-0.15, -0.1) is 0 Å². The maximum Gasteiger partial charge on any atom is 0.278 e. The minimum Gasteiger partial charge on any atom is -0.493 e. The monoisotopic (exact) mass is 413 g/mol. The highest BCUT2D eigenvalue weighted by atomic mass is 16.5. The highest BCUT2D eigenvalue weighted by Crippen LogP contribution is 2.27. The van der Waals surface area contributed by atoms with Gasteiger partial charge in [0, 0.05) is 11.1 Å². The third-order valence-corrected chi connectivity index (χ3v) is 5.93. The van der Waals surface area contributed by atoms with Gasteiger partial charge in [0.1, 0.15) is 13.1 Å². The zero-order valence-electron chi connectivity index (χ0n) is 18.7. The molecule has 1 heterocycles. The Balaban J connectivity index is 1.47. The Bertz CT molecular complexity index is 847. The summed E-state index contributed by atoms with van der Waals surface area (Å²) >= 11 is 0. The molecular weight excluding hydrogens is 378 g/mol. The molecule has 0 bridgehead atoms. The molecule has 1 aliphatic rings. The van der Waals surface area contributed by atoms with Crippen molar-refractivity contribution in [2.24, 2.45) is 0 Å². The lowest BCUT2D eigenvalue weighted by molar-refractivity contribution is -0.918. The Kier molecular flexibility index (Phi) is 7.71. The number of benzene rings is 2. The fourth-order valence-corrected chi connectivity index (χ4v) is 4.10. The number of likely N-dealkylation sites (N-methyl/N-ethyl adjacent to an activating group) is 1. The summed E-state index contributed by atoms with van der Waals surface area (Å²) in [6, 6.07) is 14.5. The molecular formula is C24H35N3O3+2. The molecule has 0 aliphatic carbocycles. The lowest BCUT2D eigenvalue weighted by Crippen LogP contribution is -3.14. The van der Waals surface area contributed by atoms with Gasteiger partial charge in [-0.2, -0.15) is 0 Å². The van der Waals surface area contributed by atoms with Crippen LogP contribution in [0.1, 0.15) is 16.7 Å². The molecule has 6 heteroatoms. The Morgan fingerprint density at radius 3 is 2.43 bits per heavy atom. The SMILES string of the molecule is COc1ccc(C[NH+](C)CC(=O)N2CC[NH+](Cc3ccccc3C)CC2)cc1OC. The largest absolute Gasteiger partial charge is 0.493 e. The highest BCUT2D eigenvalue weighted by Gasteiger charge is 2.26. The van der Waals surface area contributed by atoms with Crippen LogP contribution in [0.15, 0.2) is 42.5 Å². The van der Waals surface area contributed by atoms with Gasteiger partial charge in [0.2, 0.25) is 0 Å². The summed E-state index contributed by atoms with van der Waals surface area (Å²) in [5.41, 5.74) is 3.89. The Morgan fingerprint density at radius 2 is 1.77 bits per heavy atom. The molecule has 2 N–H and O–H groups in total. The lowest BCUT2D eigenvalue weighted by Gasteiger charge is -2.32. The molecule has 0 aromatic heterocycles. The van der Waals surface area contributed by atoms with E-state index in [1.54, 1.807) is 19.1 Å². The fraction of sp³-hybridized carbons (Fsp3) is 0.458. The van der Waals surface area contributed by atoms with E-state index in [9.17, 15) is 4.79 Å². The van der Waals surface area contributed by atoms with Gasteiger partial charge in [-0.3, -0.25) is 4.79 Å². The van der Waals surface area contributed by atoms with Crippen molar-refractivity contribution in [1.82, 2.24) is 4.90 Å². The van der Waals surface area contributed by atoms with Crippen LogP contribution in [0.4, 0.5) is 0 Å². The van der Waals surface area contributed by atoms with E-state index in [4.69, 9.17) is 9.47 Å². The second-order valence-electron chi connectivity index (χ2n) is 8.23. The van der Waals surface area contributed by atoms with Gasteiger partial charge in [0.15, 0.2) is 18.0 Å². The number of amides is 1. The first-order valence-corrected chi connectivity index (χ1v) is 10.7. The van der Waals surface area contributed by atoms with E-state index in [1.165, 1.54) is 16.0 Å². The zero-order chi connectivity index (χ0) is 21.5. The second-order valence-corrected chi connectivity index (χ2v) is 8.23. The van der Waals surface area contributed by atoms with Crippen molar-refractivity contribution in [3.8, 4) is 11.5 Å². The average molecular weight is 414 g/mol. The fourth-order valence-electron chi connectivity index (χ4n) is 4.10. The number of methoxy groups -OCH3 is 2. The minimum absolute atomic E-state index is 0.239. The number of nitrogens with one attached hydrogen (secondary N) is 2. The number of hydrogen-bond donors (Lipinski definition) is 2. The van der Waals surface area contributed by atoms with E-state index in [0.29, 0.717) is 6.54 Å². The topological polar surface area (TPSA) is 47.7 Å². The summed E-state index contributed by atoms with van der Waals surface area (Å²) in [5, 5.41) is 0. The summed E-state index contributed by atoms with van der Waals surface area (Å²) < 4.78 is 10.7. The standard InChI is InChI=1S/C24H33N3O3/c1-19-7-5-6-8-21(19)17-26-11-13-27(14-12-26)24(28)18-25(2)16-20-9-10-22(29-3)23(15-20)30-4/h5-10,15H,11-14,16-18H2,1-4H3/p+2. The Morgan fingerprint density at radius 1 is 1.07 bits per heavy atom. The van der Waals surface area contributed by atoms with Crippen LogP contribution in [0.2, 0.25) is 0 Å². The van der Waals surface area contributed by atoms with Crippen molar-refractivity contribution >= 4 is 5.91 Å². The van der Waals surface area contributed by atoms with Crippen molar-refractivity contribution in [2.75, 3.05) is 54.0 Å². The molecule has 0 radical (unpaired) electrons. The molecule has 1 saturated heterocycles. The molecule has 1 atom stereocenters. The Labute approximate surface area is 180 Å². The molecule has 2 aromatic rings. The van der Waals surface area contributed by atoms with Gasteiger partial charge in [-0.05, 0) is 30.7 Å². The number of rotatable bonds is 8. The normalized spacial score (nSPS) is 15.7. The summed E-state index contributed by atoms with van der Waals surface area (Å²) in [6.07, 6.45) is 0. The van der Waals surface area contributed by atoms with Crippen LogP contribution < -0.4 is 19.3 Å². The van der Waals surface area contributed by atoms with Crippen LogP contribution in [0.25, 0.3) is 0 Å². The summed E-state index contributed by atoms with van der Waals surface area (Å²) in [5.74, 6) is 1.69. The smallest absolute Gasteiger partial charge is 0.278 e. The molecule has 3 rings (SSSR count). The van der Waals surface area contributed by atoms with Gasteiger partial charge >= 0.3 is 0 Å². The van der Waals surface area contributed by atoms with Crippen molar-refractivity contribution in [3.05, 3.63) is 59.2 Å². The number of hydrogen-bond acceptors (Lipinski definition) is 3. The molecule has 1 unspecified atom stereocenters. The minimum atomic E-state index is 0.239. The number of carbonyl (C=O) groups is 1. The molecule has 30 heavy (non-hydrogen) atoms. The summed E-state index contributed by atoms with van der Waals surface area (Å²) in [6.45, 7) is 8.17. The van der Waals surface area contributed by atoms with Crippen LogP contribution in [-0.2, 0) is 17.9 Å². The van der Waals surface area contributed by atoms with Crippen LogP contribution in [-0.4, -0.2) is 64.8 Å². The van der Waals surface area contributed by atoms with Crippen molar-refractivity contribution in [3.63, 3.8) is 0 Å². The molecule has 1 fully saturated rings. The molecule has 0 spiro atoms. The number of piperazine rings is 1. The number of ether oxygens (including phenoxy) is 2. The van der Waals surface area contributed by atoms with Gasteiger partial charge < -0.3 is 24.2 Å². The highest BCUT2D eigenvalue weighted by molar-refractivity contribution is 5.77. The van der Waals surface area contributed by atoms with Crippen molar-refractivity contribution in [2.45, 2.75) is 20.0 Å². The number of quaternary nitrogens is 2. The van der Waals surface area contributed by atoms with E-state index in [1.807, 2.05) is 23.1 Å². The van der Waals surface area contributed by atoms with E-state index in [0.717, 1.165) is 56.3 Å². The van der Waals surface area contributed by atoms with E-state index >= 15 is 0 Å². The quantitative estimate of drug-likeness (QED) is 0.638. The first-order chi connectivity index (χ1) is 14.5. The van der Waals surface area contributed by atoms with E-state index < -0.39 is 0 Å². The Hall–Kier alpha value is -2.57. The third-order valence-electron chi connectivity index (χ3n) is 5.93. The van der Waals surface area contributed by atoms with Gasteiger partial charge in [-0.1, -0.05) is 24.3 Å². The molecule has 162 valence electrons. The number of nitrogens with zero attached hydrogens (tertiary/aromatic N) is 1. The first kappa shape index (κ1) is 22.1. The third kappa shape index (κ3) is 5.74. The van der Waals surface area contributed by atoms with Gasteiger partial charge in [0.05, 0.1) is 47.4 Å². The first-order valence-electron chi connectivity index (χ1n) is 10.7. The molecule has 6 nitrogen and oxygen atoms in total. The summed E-state index contributed by atoms with van der Waals surface area (Å²) in [4.78, 5) is 17.5. The van der Waals surface area contributed by atoms with Crippen LogP contribution in [0, 0.1) is 6.92 Å². The predicted octanol–water partition coefficient (Wildman–Crippen LogP) is -0.0458. The maximum atomic E-state index is 12.8. The molecule has 1 amide bonds. The van der Waals surface area contributed by atoms with Crippen molar-refractivity contribution in [1.29, 1.82) is 0 Å². The maximum absolute atomic E-state index is 12.8. The van der Waals surface area contributed by atoms with Gasteiger partial charge in [0.25, 0.3) is 5.91 Å². The molecule has 0 saturated carbocycles. The molecule has 1 aliphatic heterocycles. The van der Waals surface area contributed by atoms with E-state index in [2.05, 4.69) is 38.2 Å². The number of carbonyl (C=O) groups excluding carboxylic acids is 1. The van der Waals surface area contributed by atoms with Gasteiger partial charge in [-0.25, -0.2) is 0 Å². The van der Waals surface area contributed by atoms with Crippen molar-refractivity contribution < 1.29 is 24.1 Å². The average Bonchev–Trinajstić information content (AvgIpc) is 2.75. The van der Waals surface area contributed by atoms with Crippen LogP contribution in [0.3, 0.4) is 0 Å². The number of aryl methyl sites for hydroxylation is 1. The lowest BCUT2D eigenvalue weighted by atomic mass is 10.1. The van der Waals surface area contributed by atoms with Crippen LogP contribution >= 0.6 is 0 Å². The zero-order valence-corrected chi connectivity index (χ0v) is 18.7. The van der Waals surface area contributed by atoms with E-state index in [-0.39, 0.29) is 5.91 Å². The second kappa shape index (κ2) is 10.5. The summed E-state index contributed by atoms with van der Waals surface area (Å²) in [7, 11) is 5.34.